The molecule has 216 valence electrons. The third-order valence-electron chi connectivity index (χ3n) is 7.51. The molecule has 0 N–H and O–H groups in total. The molecule has 2 aromatic heterocycles. The molecule has 1 aliphatic carbocycles. The van der Waals surface area contributed by atoms with Gasteiger partial charge in [-0.25, -0.2) is 14.7 Å². The maximum atomic E-state index is 12.9. The van der Waals surface area contributed by atoms with E-state index >= 15 is 0 Å². The summed E-state index contributed by atoms with van der Waals surface area (Å²) in [7, 11) is 1.62. The number of cyclic esters (lactones) is 1. The normalized spacial score (nSPS) is 18.2. The van der Waals surface area contributed by atoms with Crippen LogP contribution < -0.4 is 4.74 Å². The number of hydrogen-bond acceptors (Lipinski definition) is 8. The van der Waals surface area contributed by atoms with Crippen LogP contribution in [0.1, 0.15) is 30.4 Å². The van der Waals surface area contributed by atoms with Gasteiger partial charge in [0.1, 0.15) is 12.4 Å². The number of methoxy groups -OCH3 is 1. The van der Waals surface area contributed by atoms with E-state index in [1.54, 1.807) is 13.4 Å². The van der Waals surface area contributed by atoms with Gasteiger partial charge < -0.3 is 18.9 Å². The van der Waals surface area contributed by atoms with E-state index in [0.717, 1.165) is 60.9 Å². The maximum absolute atomic E-state index is 12.9. The van der Waals surface area contributed by atoms with Gasteiger partial charge >= 0.3 is 6.09 Å². The number of rotatable bonds is 11. The number of aryl methyl sites for hydroxylation is 1. The molecular weight excluding hydrogens is 532 g/mol. The highest BCUT2D eigenvalue weighted by atomic mass is 16.6. The summed E-state index contributed by atoms with van der Waals surface area (Å²) in [5, 5.41) is 0. The van der Waals surface area contributed by atoms with Crippen LogP contribution in [-0.4, -0.2) is 58.7 Å². The molecule has 6 rings (SSSR count). The fourth-order valence-electron chi connectivity index (χ4n) is 5.41. The van der Waals surface area contributed by atoms with Crippen molar-refractivity contribution < 1.29 is 23.7 Å². The molecule has 2 aliphatic heterocycles. The van der Waals surface area contributed by atoms with Crippen molar-refractivity contribution in [1.82, 2.24) is 19.8 Å². The average molecular weight is 567 g/mol. The van der Waals surface area contributed by atoms with Crippen molar-refractivity contribution in [3.8, 4) is 5.88 Å². The van der Waals surface area contributed by atoms with Gasteiger partial charge in [0.15, 0.2) is 12.0 Å². The number of ether oxygens (including phenoxy) is 4. The standard InChI is InChI=1S/C33H34N4O5/c1-39-30-15-14-28-32(35-30)26(16-17-34-28)13-8-18-36(19-24-9-4-2-5-10-24)20-27-21-37(33(38)41-27)31-23-40-22-29(42-31)25-11-6-3-7-12-25/h2-6,9-11,14-17,22-23,27H,7-8,12-13,18-21H2,1H3. The Morgan fingerprint density at radius 1 is 1.12 bits per heavy atom. The molecule has 1 aromatic carbocycles. The summed E-state index contributed by atoms with van der Waals surface area (Å²) in [6.07, 6.45) is 13.8. The van der Waals surface area contributed by atoms with Gasteiger partial charge in [0.2, 0.25) is 11.8 Å². The highest BCUT2D eigenvalue weighted by Gasteiger charge is 2.37. The summed E-state index contributed by atoms with van der Waals surface area (Å²) >= 11 is 0. The van der Waals surface area contributed by atoms with Gasteiger partial charge in [-0.2, -0.15) is 0 Å². The van der Waals surface area contributed by atoms with Crippen molar-refractivity contribution in [2.45, 2.75) is 38.3 Å². The largest absolute Gasteiger partial charge is 0.481 e. The first-order valence-electron chi connectivity index (χ1n) is 14.3. The molecule has 9 heteroatoms. The van der Waals surface area contributed by atoms with Gasteiger partial charge in [-0.3, -0.25) is 9.88 Å². The fraction of sp³-hybridized carbons (Fsp3) is 0.303. The van der Waals surface area contributed by atoms with Crippen LogP contribution in [0.3, 0.4) is 0 Å². The Balaban J connectivity index is 1.11. The summed E-state index contributed by atoms with van der Waals surface area (Å²) < 4.78 is 22.8. The van der Waals surface area contributed by atoms with Gasteiger partial charge in [0, 0.05) is 25.4 Å². The second-order valence-corrected chi connectivity index (χ2v) is 10.5. The van der Waals surface area contributed by atoms with Gasteiger partial charge in [0.05, 0.1) is 24.7 Å². The first-order chi connectivity index (χ1) is 20.7. The summed E-state index contributed by atoms with van der Waals surface area (Å²) in [5.74, 6) is 1.54. The van der Waals surface area contributed by atoms with E-state index in [1.165, 1.54) is 16.7 Å². The molecule has 1 amide bonds. The Labute approximate surface area is 245 Å². The molecule has 1 unspecified atom stereocenters. The number of nitrogens with zero attached hydrogens (tertiary/aromatic N) is 4. The second kappa shape index (κ2) is 12.9. The number of fused-ring (bicyclic) bond motifs is 1. The first kappa shape index (κ1) is 27.5. The lowest BCUT2D eigenvalue weighted by Gasteiger charge is -2.25. The fourth-order valence-corrected chi connectivity index (χ4v) is 5.41. The van der Waals surface area contributed by atoms with Gasteiger partial charge in [-0.05, 0) is 61.1 Å². The zero-order chi connectivity index (χ0) is 28.7. The lowest BCUT2D eigenvalue weighted by molar-refractivity contribution is 0.101. The number of carbonyl (C=O) groups excluding carboxylic acids is 1. The molecule has 0 saturated carbocycles. The average Bonchev–Trinajstić information content (AvgIpc) is 3.41. The third-order valence-corrected chi connectivity index (χ3v) is 7.51. The Hall–Kier alpha value is -4.63. The molecule has 1 atom stereocenters. The summed E-state index contributed by atoms with van der Waals surface area (Å²) in [4.78, 5) is 25.9. The molecule has 1 saturated heterocycles. The third kappa shape index (κ3) is 6.47. The number of amides is 1. The monoisotopic (exact) mass is 566 g/mol. The number of carbonyl (C=O) groups is 1. The van der Waals surface area contributed by atoms with Crippen LogP contribution in [-0.2, 0) is 27.2 Å². The number of allylic oxidation sites excluding steroid dienone is 4. The number of hydrogen-bond donors (Lipinski definition) is 0. The van der Waals surface area contributed by atoms with Gasteiger partial charge in [-0.15, -0.1) is 0 Å². The van der Waals surface area contributed by atoms with Crippen LogP contribution in [0.2, 0.25) is 0 Å². The van der Waals surface area contributed by atoms with Gasteiger partial charge in [-0.1, -0.05) is 48.6 Å². The van der Waals surface area contributed by atoms with E-state index < -0.39 is 6.09 Å². The van der Waals surface area contributed by atoms with Crippen LogP contribution in [0.15, 0.2) is 103 Å². The van der Waals surface area contributed by atoms with E-state index in [4.69, 9.17) is 18.9 Å². The summed E-state index contributed by atoms with van der Waals surface area (Å²) in [5.41, 5.74) is 5.09. The Morgan fingerprint density at radius 2 is 2.02 bits per heavy atom. The molecule has 9 nitrogen and oxygen atoms in total. The predicted octanol–water partition coefficient (Wildman–Crippen LogP) is 5.86. The number of benzene rings is 1. The zero-order valence-corrected chi connectivity index (χ0v) is 23.6. The molecule has 0 radical (unpaired) electrons. The van der Waals surface area contributed by atoms with Crippen LogP contribution >= 0.6 is 0 Å². The van der Waals surface area contributed by atoms with Crippen molar-refractivity contribution in [2.75, 3.05) is 26.7 Å². The Morgan fingerprint density at radius 3 is 2.86 bits per heavy atom. The topological polar surface area (TPSA) is 86.2 Å². The van der Waals surface area contributed by atoms with Crippen LogP contribution in [0, 0.1) is 0 Å². The minimum absolute atomic E-state index is 0.315. The second-order valence-electron chi connectivity index (χ2n) is 10.5. The van der Waals surface area contributed by atoms with E-state index in [0.29, 0.717) is 30.6 Å². The van der Waals surface area contributed by atoms with Crippen LogP contribution in [0.25, 0.3) is 11.0 Å². The first-order valence-corrected chi connectivity index (χ1v) is 14.3. The Kier molecular flexibility index (Phi) is 8.46. The zero-order valence-electron chi connectivity index (χ0n) is 23.6. The Bertz CT molecular complexity index is 1550. The van der Waals surface area contributed by atoms with Crippen molar-refractivity contribution in [3.63, 3.8) is 0 Å². The highest BCUT2D eigenvalue weighted by molar-refractivity contribution is 5.78. The van der Waals surface area contributed by atoms with E-state index in [1.807, 2.05) is 54.7 Å². The minimum Gasteiger partial charge on any atom is -0.481 e. The smallest absolute Gasteiger partial charge is 0.417 e. The predicted molar refractivity (Wildman–Crippen MR) is 158 cm³/mol. The highest BCUT2D eigenvalue weighted by Crippen LogP contribution is 2.30. The maximum Gasteiger partial charge on any atom is 0.417 e. The molecular formula is C33H34N4O5. The number of pyridine rings is 2. The van der Waals surface area contributed by atoms with Crippen molar-refractivity contribution in [3.05, 3.63) is 114 Å². The SMILES string of the molecule is COc1ccc2nccc(CCCN(Cc3ccccc3)CC3CN(C4=COC=C(C5=CC=CCC5)O4)C(=O)O3)c2n1. The summed E-state index contributed by atoms with van der Waals surface area (Å²) in [6.45, 7) is 2.53. The molecule has 1 fully saturated rings. The minimum atomic E-state index is -0.434. The number of aromatic nitrogens is 2. The molecule has 3 aromatic rings. The molecule has 0 spiro atoms. The van der Waals surface area contributed by atoms with Crippen LogP contribution in [0.5, 0.6) is 5.88 Å². The lowest BCUT2D eigenvalue weighted by atomic mass is 10.0. The van der Waals surface area contributed by atoms with Crippen molar-refractivity contribution >= 4 is 17.1 Å². The molecule has 0 bridgehead atoms. The van der Waals surface area contributed by atoms with Crippen molar-refractivity contribution in [2.24, 2.45) is 0 Å². The van der Waals surface area contributed by atoms with E-state index in [2.05, 4.69) is 33.1 Å². The quantitative estimate of drug-likeness (QED) is 0.285. The molecule has 4 heterocycles. The lowest BCUT2D eigenvalue weighted by Crippen LogP contribution is -2.35. The molecule has 42 heavy (non-hydrogen) atoms. The van der Waals surface area contributed by atoms with E-state index in [9.17, 15) is 4.79 Å². The van der Waals surface area contributed by atoms with E-state index in [-0.39, 0.29) is 6.10 Å². The molecule has 3 aliphatic rings. The van der Waals surface area contributed by atoms with Gasteiger partial charge in [0.25, 0.3) is 0 Å². The summed E-state index contributed by atoms with van der Waals surface area (Å²) in [6, 6.07) is 16.1. The van der Waals surface area contributed by atoms with Crippen molar-refractivity contribution in [1.29, 1.82) is 0 Å². The van der Waals surface area contributed by atoms with Crippen LogP contribution in [0.4, 0.5) is 4.79 Å².